The standard InChI is InChI=1S/C16H27NO2/c1-6-19-16(12(2)3)15(17-4)11-13-8-7-9-14(10-13)18-5/h7-10,12,15-17H,6,11H2,1-5H3. The summed E-state index contributed by atoms with van der Waals surface area (Å²) in [5.74, 6) is 1.40. The van der Waals surface area contributed by atoms with Crippen LogP contribution in [0.15, 0.2) is 24.3 Å². The molecule has 0 bridgehead atoms. The van der Waals surface area contributed by atoms with E-state index in [0.29, 0.717) is 12.0 Å². The summed E-state index contributed by atoms with van der Waals surface area (Å²) < 4.78 is 11.2. The number of likely N-dealkylation sites (N-methyl/N-ethyl adjacent to an activating group) is 1. The van der Waals surface area contributed by atoms with Gasteiger partial charge in [0, 0.05) is 12.6 Å². The van der Waals surface area contributed by atoms with Crippen LogP contribution in [0.3, 0.4) is 0 Å². The van der Waals surface area contributed by atoms with Crippen LogP contribution in [0, 0.1) is 5.92 Å². The van der Waals surface area contributed by atoms with Gasteiger partial charge >= 0.3 is 0 Å². The highest BCUT2D eigenvalue weighted by Gasteiger charge is 2.23. The third-order valence-electron chi connectivity index (χ3n) is 3.37. The van der Waals surface area contributed by atoms with Crippen molar-refractivity contribution >= 4 is 0 Å². The lowest BCUT2D eigenvalue weighted by Crippen LogP contribution is -2.44. The van der Waals surface area contributed by atoms with Gasteiger partial charge in [-0.1, -0.05) is 26.0 Å². The first-order chi connectivity index (χ1) is 9.12. The molecule has 0 aliphatic carbocycles. The molecular weight excluding hydrogens is 238 g/mol. The second-order valence-corrected chi connectivity index (χ2v) is 5.11. The van der Waals surface area contributed by atoms with Gasteiger partial charge in [-0.05, 0) is 44.0 Å². The van der Waals surface area contributed by atoms with Crippen LogP contribution in [0.1, 0.15) is 26.3 Å². The molecule has 0 aromatic heterocycles. The number of rotatable bonds is 8. The lowest BCUT2D eigenvalue weighted by Gasteiger charge is -2.30. The van der Waals surface area contributed by atoms with E-state index in [9.17, 15) is 0 Å². The monoisotopic (exact) mass is 265 g/mol. The molecule has 3 nitrogen and oxygen atoms in total. The Morgan fingerprint density at radius 2 is 2.00 bits per heavy atom. The van der Waals surface area contributed by atoms with E-state index < -0.39 is 0 Å². The molecule has 0 saturated carbocycles. The zero-order chi connectivity index (χ0) is 14.3. The molecule has 0 saturated heterocycles. The molecule has 1 aromatic carbocycles. The van der Waals surface area contributed by atoms with Gasteiger partial charge in [0.05, 0.1) is 13.2 Å². The Balaban J connectivity index is 2.78. The van der Waals surface area contributed by atoms with Crippen molar-refractivity contribution in [3.8, 4) is 5.75 Å². The van der Waals surface area contributed by atoms with Crippen LogP contribution in [0.4, 0.5) is 0 Å². The zero-order valence-electron chi connectivity index (χ0n) is 12.8. The molecule has 0 heterocycles. The fraction of sp³-hybridized carbons (Fsp3) is 0.625. The Kier molecular flexibility index (Phi) is 6.89. The van der Waals surface area contributed by atoms with Gasteiger partial charge in [0.1, 0.15) is 5.75 Å². The summed E-state index contributed by atoms with van der Waals surface area (Å²) >= 11 is 0. The molecule has 0 spiro atoms. The van der Waals surface area contributed by atoms with Gasteiger partial charge in [-0.25, -0.2) is 0 Å². The van der Waals surface area contributed by atoms with Crippen LogP contribution < -0.4 is 10.1 Å². The van der Waals surface area contributed by atoms with Crippen molar-refractivity contribution in [2.45, 2.75) is 39.3 Å². The maximum Gasteiger partial charge on any atom is 0.119 e. The molecule has 2 atom stereocenters. The van der Waals surface area contributed by atoms with E-state index in [2.05, 4.69) is 31.3 Å². The maximum atomic E-state index is 5.89. The highest BCUT2D eigenvalue weighted by Crippen LogP contribution is 2.18. The van der Waals surface area contributed by atoms with E-state index >= 15 is 0 Å². The van der Waals surface area contributed by atoms with Crippen molar-refractivity contribution in [2.75, 3.05) is 20.8 Å². The van der Waals surface area contributed by atoms with Crippen LogP contribution >= 0.6 is 0 Å². The number of nitrogens with one attached hydrogen (secondary N) is 1. The Labute approximate surface area is 117 Å². The summed E-state index contributed by atoms with van der Waals surface area (Å²) in [7, 11) is 3.70. The van der Waals surface area contributed by atoms with Gasteiger partial charge in [0.2, 0.25) is 0 Å². The van der Waals surface area contributed by atoms with E-state index in [1.54, 1.807) is 7.11 Å². The lowest BCUT2D eigenvalue weighted by molar-refractivity contribution is 0.00534. The number of hydrogen-bond donors (Lipinski definition) is 1. The molecule has 0 amide bonds. The lowest BCUT2D eigenvalue weighted by atomic mass is 9.94. The van der Waals surface area contributed by atoms with Gasteiger partial charge in [-0.3, -0.25) is 0 Å². The highest BCUT2D eigenvalue weighted by atomic mass is 16.5. The molecule has 0 radical (unpaired) electrons. The average Bonchev–Trinajstić information content (AvgIpc) is 2.42. The smallest absolute Gasteiger partial charge is 0.119 e. The molecule has 108 valence electrons. The summed E-state index contributed by atoms with van der Waals surface area (Å²) in [6.45, 7) is 7.21. The van der Waals surface area contributed by atoms with Gasteiger partial charge in [-0.2, -0.15) is 0 Å². The largest absolute Gasteiger partial charge is 0.497 e. The minimum atomic E-state index is 0.223. The van der Waals surface area contributed by atoms with Gasteiger partial charge in [-0.15, -0.1) is 0 Å². The molecule has 0 fully saturated rings. The van der Waals surface area contributed by atoms with Crippen molar-refractivity contribution in [1.82, 2.24) is 5.32 Å². The normalized spacial score (nSPS) is 14.4. The fourth-order valence-corrected chi connectivity index (χ4v) is 2.40. The van der Waals surface area contributed by atoms with Crippen LogP contribution in [0.5, 0.6) is 5.75 Å². The minimum absolute atomic E-state index is 0.223. The zero-order valence-corrected chi connectivity index (χ0v) is 12.8. The molecule has 0 aliphatic heterocycles. The van der Waals surface area contributed by atoms with E-state index in [-0.39, 0.29) is 6.10 Å². The minimum Gasteiger partial charge on any atom is -0.497 e. The summed E-state index contributed by atoms with van der Waals surface area (Å²) in [6.07, 6.45) is 1.16. The SMILES string of the molecule is CCOC(C(C)C)C(Cc1cccc(OC)c1)NC. The van der Waals surface area contributed by atoms with Crippen LogP contribution in [0.25, 0.3) is 0 Å². The van der Waals surface area contributed by atoms with Crippen molar-refractivity contribution in [2.24, 2.45) is 5.92 Å². The fourth-order valence-electron chi connectivity index (χ4n) is 2.40. The molecule has 1 rings (SSSR count). The third kappa shape index (κ3) is 4.84. The van der Waals surface area contributed by atoms with E-state index in [4.69, 9.17) is 9.47 Å². The third-order valence-corrected chi connectivity index (χ3v) is 3.37. The number of benzene rings is 1. The van der Waals surface area contributed by atoms with Crippen molar-refractivity contribution in [1.29, 1.82) is 0 Å². The molecule has 3 heteroatoms. The van der Waals surface area contributed by atoms with Gasteiger partial charge in [0.15, 0.2) is 0 Å². The van der Waals surface area contributed by atoms with Gasteiger partial charge in [0.25, 0.3) is 0 Å². The van der Waals surface area contributed by atoms with E-state index in [1.165, 1.54) is 5.56 Å². The first kappa shape index (κ1) is 16.0. The van der Waals surface area contributed by atoms with Crippen LogP contribution in [-0.4, -0.2) is 32.9 Å². The first-order valence-electron chi connectivity index (χ1n) is 7.04. The second-order valence-electron chi connectivity index (χ2n) is 5.11. The Morgan fingerprint density at radius 3 is 2.53 bits per heavy atom. The summed E-state index contributed by atoms with van der Waals surface area (Å²) in [5, 5.41) is 3.39. The molecule has 1 N–H and O–H groups in total. The topological polar surface area (TPSA) is 30.5 Å². The predicted molar refractivity (Wildman–Crippen MR) is 79.8 cm³/mol. The Hall–Kier alpha value is -1.06. The van der Waals surface area contributed by atoms with Crippen molar-refractivity contribution < 1.29 is 9.47 Å². The first-order valence-corrected chi connectivity index (χ1v) is 7.04. The number of ether oxygens (including phenoxy) is 2. The summed E-state index contributed by atoms with van der Waals surface area (Å²) in [4.78, 5) is 0. The summed E-state index contributed by atoms with van der Waals surface area (Å²) in [6, 6.07) is 8.54. The van der Waals surface area contributed by atoms with Crippen molar-refractivity contribution in [3.63, 3.8) is 0 Å². The number of methoxy groups -OCH3 is 1. The molecule has 0 aliphatic rings. The quantitative estimate of drug-likeness (QED) is 0.784. The summed E-state index contributed by atoms with van der Waals surface area (Å²) in [5.41, 5.74) is 1.27. The molecular formula is C16H27NO2. The van der Waals surface area contributed by atoms with Gasteiger partial charge < -0.3 is 14.8 Å². The predicted octanol–water partition coefficient (Wildman–Crippen LogP) is 2.89. The molecule has 1 aromatic rings. The van der Waals surface area contributed by atoms with E-state index in [1.807, 2.05) is 26.1 Å². The molecule has 2 unspecified atom stereocenters. The highest BCUT2D eigenvalue weighted by molar-refractivity contribution is 5.29. The van der Waals surface area contributed by atoms with Crippen LogP contribution in [-0.2, 0) is 11.2 Å². The maximum absolute atomic E-state index is 5.89. The Bertz CT molecular complexity index is 366. The van der Waals surface area contributed by atoms with E-state index in [0.717, 1.165) is 18.8 Å². The van der Waals surface area contributed by atoms with Crippen LogP contribution in [0.2, 0.25) is 0 Å². The average molecular weight is 265 g/mol. The number of hydrogen-bond acceptors (Lipinski definition) is 3. The second kappa shape index (κ2) is 8.18. The molecule has 19 heavy (non-hydrogen) atoms. The Morgan fingerprint density at radius 1 is 1.26 bits per heavy atom. The van der Waals surface area contributed by atoms with Crippen molar-refractivity contribution in [3.05, 3.63) is 29.8 Å².